The van der Waals surface area contributed by atoms with E-state index >= 15 is 0 Å². The van der Waals surface area contributed by atoms with Crippen molar-refractivity contribution in [3.8, 4) is 5.75 Å². The summed E-state index contributed by atoms with van der Waals surface area (Å²) in [4.78, 5) is 26.1. The van der Waals surface area contributed by atoms with Gasteiger partial charge in [0.15, 0.2) is 0 Å². The van der Waals surface area contributed by atoms with Crippen molar-refractivity contribution in [1.82, 2.24) is 4.90 Å². The van der Waals surface area contributed by atoms with Crippen molar-refractivity contribution in [2.24, 2.45) is 0 Å². The van der Waals surface area contributed by atoms with Gasteiger partial charge in [-0.2, -0.15) is 0 Å². The van der Waals surface area contributed by atoms with E-state index in [9.17, 15) is 9.59 Å². The number of carbonyl (C=O) groups is 2. The third-order valence-corrected chi connectivity index (χ3v) is 4.18. The van der Waals surface area contributed by atoms with E-state index in [4.69, 9.17) is 4.74 Å². The molecule has 3 rings (SSSR count). The van der Waals surface area contributed by atoms with Crippen molar-refractivity contribution in [2.45, 2.75) is 13.0 Å². The lowest BCUT2D eigenvalue weighted by Crippen LogP contribution is -2.41. The van der Waals surface area contributed by atoms with E-state index in [-0.39, 0.29) is 24.8 Å². The third-order valence-electron chi connectivity index (χ3n) is 3.69. The van der Waals surface area contributed by atoms with Crippen LogP contribution in [0.1, 0.15) is 21.5 Å². The first kappa shape index (κ1) is 14.8. The van der Waals surface area contributed by atoms with Gasteiger partial charge in [0.05, 0.1) is 20.1 Å². The number of amides is 2. The Morgan fingerprint density at radius 1 is 1.14 bits per heavy atom. The molecule has 2 amide bonds. The van der Waals surface area contributed by atoms with Crippen LogP contribution in [0.25, 0.3) is 0 Å². The molecule has 0 unspecified atom stereocenters. The molecule has 5 heteroatoms. The number of benzene rings is 2. The average Bonchev–Trinajstić information content (AvgIpc) is 2.51. The minimum Gasteiger partial charge on any atom is -0.497 e. The van der Waals surface area contributed by atoms with Crippen molar-refractivity contribution in [1.29, 1.82) is 0 Å². The lowest BCUT2D eigenvalue weighted by Gasteiger charge is -2.27. The molecule has 2 aromatic carbocycles. The first-order chi connectivity index (χ1) is 10.6. The molecule has 4 nitrogen and oxygen atoms in total. The summed E-state index contributed by atoms with van der Waals surface area (Å²) in [5.41, 5.74) is 2.26. The summed E-state index contributed by atoms with van der Waals surface area (Å²) >= 11 is 3.36. The zero-order valence-corrected chi connectivity index (χ0v) is 13.6. The molecule has 112 valence electrons. The number of imide groups is 1. The van der Waals surface area contributed by atoms with Gasteiger partial charge in [-0.25, -0.2) is 0 Å². The first-order valence-corrected chi connectivity index (χ1v) is 7.64. The molecular formula is C17H14BrNO3. The normalized spacial score (nSPS) is 14.0. The number of hydrogen-bond acceptors (Lipinski definition) is 3. The topological polar surface area (TPSA) is 46.6 Å². The molecular weight excluding hydrogens is 346 g/mol. The van der Waals surface area contributed by atoms with E-state index in [0.717, 1.165) is 21.3 Å². The summed E-state index contributed by atoms with van der Waals surface area (Å²) in [5.74, 6) is 0.330. The van der Waals surface area contributed by atoms with E-state index in [1.165, 1.54) is 4.90 Å². The van der Waals surface area contributed by atoms with Crippen molar-refractivity contribution >= 4 is 27.7 Å². The zero-order chi connectivity index (χ0) is 15.7. The Balaban J connectivity index is 1.86. The summed E-state index contributed by atoms with van der Waals surface area (Å²) in [7, 11) is 1.60. The minimum absolute atomic E-state index is 0.175. The Labute approximate surface area is 136 Å². The highest BCUT2D eigenvalue weighted by molar-refractivity contribution is 9.10. The summed E-state index contributed by atoms with van der Waals surface area (Å²) in [5, 5.41) is 0. The third kappa shape index (κ3) is 2.76. The van der Waals surface area contributed by atoms with Crippen LogP contribution < -0.4 is 4.74 Å². The average molecular weight is 360 g/mol. The molecule has 22 heavy (non-hydrogen) atoms. The number of ether oxygens (including phenoxy) is 1. The molecule has 2 aromatic rings. The van der Waals surface area contributed by atoms with Crippen molar-refractivity contribution in [2.75, 3.05) is 7.11 Å². The standard InChI is InChI=1S/C17H14BrNO3/c1-22-14-5-2-11(3-6-14)10-19-16(20)9-12-8-13(18)4-7-15(12)17(19)21/h2-8H,9-10H2,1H3. The SMILES string of the molecule is COc1ccc(CN2C(=O)Cc3cc(Br)ccc3C2=O)cc1. The number of halogens is 1. The summed E-state index contributed by atoms with van der Waals surface area (Å²) in [6.07, 6.45) is 0.247. The molecule has 0 saturated carbocycles. The second-order valence-electron chi connectivity index (χ2n) is 5.11. The molecule has 1 aliphatic rings. The van der Waals surface area contributed by atoms with Crippen LogP contribution in [0.4, 0.5) is 0 Å². The smallest absolute Gasteiger partial charge is 0.261 e. The first-order valence-electron chi connectivity index (χ1n) is 6.84. The monoisotopic (exact) mass is 359 g/mol. The Morgan fingerprint density at radius 2 is 1.86 bits per heavy atom. The van der Waals surface area contributed by atoms with Gasteiger partial charge in [-0.05, 0) is 41.5 Å². The van der Waals surface area contributed by atoms with Gasteiger partial charge in [0.1, 0.15) is 5.75 Å². The number of carbonyl (C=O) groups excluding carboxylic acids is 2. The van der Waals surface area contributed by atoms with E-state index in [0.29, 0.717) is 5.56 Å². The van der Waals surface area contributed by atoms with E-state index < -0.39 is 0 Å². The predicted molar refractivity (Wildman–Crippen MR) is 85.7 cm³/mol. The van der Waals surface area contributed by atoms with Gasteiger partial charge >= 0.3 is 0 Å². The Kier molecular flexibility index (Phi) is 3.98. The van der Waals surface area contributed by atoms with Crippen LogP contribution in [0.5, 0.6) is 5.75 Å². The molecule has 0 saturated heterocycles. The Hall–Kier alpha value is -2.14. The van der Waals surface area contributed by atoms with Gasteiger partial charge in [0.2, 0.25) is 5.91 Å². The van der Waals surface area contributed by atoms with E-state index in [1.54, 1.807) is 13.2 Å². The fourth-order valence-electron chi connectivity index (χ4n) is 2.51. The maximum absolute atomic E-state index is 12.5. The Bertz CT molecular complexity index is 740. The molecule has 0 spiro atoms. The van der Waals surface area contributed by atoms with Crippen molar-refractivity contribution in [3.63, 3.8) is 0 Å². The van der Waals surface area contributed by atoms with Gasteiger partial charge in [0, 0.05) is 10.0 Å². The Morgan fingerprint density at radius 3 is 2.55 bits per heavy atom. The molecule has 0 bridgehead atoms. The minimum atomic E-state index is -0.241. The van der Waals surface area contributed by atoms with Gasteiger partial charge < -0.3 is 4.74 Å². The lowest BCUT2D eigenvalue weighted by molar-refractivity contribution is -0.128. The molecule has 0 fully saturated rings. The predicted octanol–water partition coefficient (Wildman–Crippen LogP) is 3.18. The second-order valence-corrected chi connectivity index (χ2v) is 6.03. The van der Waals surface area contributed by atoms with E-state index in [1.807, 2.05) is 36.4 Å². The molecule has 0 atom stereocenters. The molecule has 0 N–H and O–H groups in total. The van der Waals surface area contributed by atoms with Crippen LogP contribution >= 0.6 is 15.9 Å². The quantitative estimate of drug-likeness (QED) is 0.790. The molecule has 0 radical (unpaired) electrons. The van der Waals surface area contributed by atoms with Crippen LogP contribution in [0, 0.1) is 0 Å². The van der Waals surface area contributed by atoms with Gasteiger partial charge in [-0.1, -0.05) is 28.1 Å². The van der Waals surface area contributed by atoms with Crippen LogP contribution in [0.15, 0.2) is 46.9 Å². The highest BCUT2D eigenvalue weighted by Crippen LogP contribution is 2.25. The highest BCUT2D eigenvalue weighted by Gasteiger charge is 2.30. The number of fused-ring (bicyclic) bond motifs is 1. The van der Waals surface area contributed by atoms with Gasteiger partial charge in [0.25, 0.3) is 5.91 Å². The maximum Gasteiger partial charge on any atom is 0.261 e. The number of nitrogens with zero attached hydrogens (tertiary/aromatic N) is 1. The van der Waals surface area contributed by atoms with Crippen molar-refractivity contribution in [3.05, 3.63) is 63.6 Å². The number of methoxy groups -OCH3 is 1. The highest BCUT2D eigenvalue weighted by atomic mass is 79.9. The number of hydrogen-bond donors (Lipinski definition) is 0. The molecule has 1 heterocycles. The maximum atomic E-state index is 12.5. The van der Waals surface area contributed by atoms with Crippen LogP contribution in [-0.4, -0.2) is 23.8 Å². The molecule has 0 aromatic heterocycles. The second kappa shape index (κ2) is 5.93. The zero-order valence-electron chi connectivity index (χ0n) is 12.0. The lowest BCUT2D eigenvalue weighted by atomic mass is 9.98. The fraction of sp³-hybridized carbons (Fsp3) is 0.176. The molecule has 1 aliphatic heterocycles. The van der Waals surface area contributed by atoms with Crippen LogP contribution in [0.3, 0.4) is 0 Å². The summed E-state index contributed by atoms with van der Waals surface area (Å²) < 4.78 is 5.98. The van der Waals surface area contributed by atoms with Gasteiger partial charge in [-0.15, -0.1) is 0 Å². The summed E-state index contributed by atoms with van der Waals surface area (Å²) in [6, 6.07) is 12.8. The number of rotatable bonds is 3. The fourth-order valence-corrected chi connectivity index (χ4v) is 2.92. The van der Waals surface area contributed by atoms with Crippen LogP contribution in [0.2, 0.25) is 0 Å². The van der Waals surface area contributed by atoms with E-state index in [2.05, 4.69) is 15.9 Å². The van der Waals surface area contributed by atoms with Crippen molar-refractivity contribution < 1.29 is 14.3 Å². The largest absolute Gasteiger partial charge is 0.497 e. The summed E-state index contributed by atoms with van der Waals surface area (Å²) in [6.45, 7) is 0.275. The van der Waals surface area contributed by atoms with Crippen LogP contribution in [-0.2, 0) is 17.8 Å². The molecule has 0 aliphatic carbocycles. The van der Waals surface area contributed by atoms with Gasteiger partial charge in [-0.3, -0.25) is 14.5 Å².